The predicted molar refractivity (Wildman–Crippen MR) is 212 cm³/mol. The SMILES string of the molecule is CC(C)(C)c1cc2c(cc1-c1ccc(Cl)cc1)[cH-]c1cc(-c3ccc(Cl)cc3)c(C(C)(C)C)cc12.CCC[C](=[Zr+2])CCC.[C-]1=CC=CC1.[Cl-].[Cl-]. The topological polar surface area (TPSA) is 0 Å². The summed E-state index contributed by atoms with van der Waals surface area (Å²) in [6.07, 6.45) is 15.4. The first-order valence-corrected chi connectivity index (χ1v) is 19.2. The van der Waals surface area contributed by atoms with Gasteiger partial charge in [0.05, 0.1) is 0 Å². The molecule has 5 heteroatoms. The van der Waals surface area contributed by atoms with Gasteiger partial charge in [0.25, 0.3) is 0 Å². The summed E-state index contributed by atoms with van der Waals surface area (Å²) in [5, 5.41) is 6.69. The van der Waals surface area contributed by atoms with Crippen LogP contribution in [0.2, 0.25) is 10.0 Å². The van der Waals surface area contributed by atoms with E-state index < -0.39 is 0 Å². The van der Waals surface area contributed by atoms with Crippen molar-refractivity contribution in [3.05, 3.63) is 124 Å². The monoisotopic (exact) mass is 820 g/mol. The van der Waals surface area contributed by atoms with E-state index in [0.29, 0.717) is 0 Å². The van der Waals surface area contributed by atoms with Gasteiger partial charge in [0.15, 0.2) is 0 Å². The molecule has 0 amide bonds. The van der Waals surface area contributed by atoms with Gasteiger partial charge in [-0.2, -0.15) is 6.08 Å². The van der Waals surface area contributed by atoms with Gasteiger partial charge in [-0.1, -0.05) is 101 Å². The van der Waals surface area contributed by atoms with Gasteiger partial charge in [-0.25, -0.2) is 12.2 Å². The van der Waals surface area contributed by atoms with Gasteiger partial charge in [-0.3, -0.25) is 6.08 Å². The van der Waals surface area contributed by atoms with Crippen molar-refractivity contribution in [2.24, 2.45) is 0 Å². The van der Waals surface area contributed by atoms with Gasteiger partial charge in [0.1, 0.15) is 0 Å². The van der Waals surface area contributed by atoms with Crippen LogP contribution in [0, 0.1) is 6.08 Å². The molecule has 1 aliphatic rings. The molecule has 0 aliphatic heterocycles. The molecular formula is C45H50Cl4Zr-2. The molecule has 0 saturated heterocycles. The van der Waals surface area contributed by atoms with Crippen molar-refractivity contribution in [1.29, 1.82) is 0 Å². The van der Waals surface area contributed by atoms with E-state index in [2.05, 4.69) is 122 Å². The Balaban J connectivity index is 0.000000489. The molecule has 0 fully saturated rings. The zero-order valence-corrected chi connectivity index (χ0v) is 36.3. The number of hydrogen-bond acceptors (Lipinski definition) is 0. The Bertz CT molecular complexity index is 1760. The van der Waals surface area contributed by atoms with Gasteiger partial charge < -0.3 is 24.8 Å². The average Bonchev–Trinajstić information content (AvgIpc) is 3.72. The molecule has 0 heterocycles. The van der Waals surface area contributed by atoms with E-state index in [0.717, 1.165) is 16.5 Å². The molecule has 1 aliphatic carbocycles. The van der Waals surface area contributed by atoms with Crippen molar-refractivity contribution in [3.8, 4) is 22.3 Å². The van der Waals surface area contributed by atoms with E-state index in [9.17, 15) is 0 Å². The summed E-state index contributed by atoms with van der Waals surface area (Å²) in [6.45, 7) is 18.2. The van der Waals surface area contributed by atoms with Crippen LogP contribution in [0.15, 0.2) is 97.1 Å². The molecule has 5 aromatic carbocycles. The molecule has 0 radical (unpaired) electrons. The summed E-state index contributed by atoms with van der Waals surface area (Å²) in [5.74, 6) is 0. The van der Waals surface area contributed by atoms with Gasteiger partial charge in [-0.15, -0.1) is 46.2 Å². The fourth-order valence-corrected chi connectivity index (χ4v) is 7.63. The quantitative estimate of drug-likeness (QED) is 0.151. The molecule has 0 aromatic heterocycles. The molecule has 0 nitrogen and oxygen atoms in total. The van der Waals surface area contributed by atoms with Crippen LogP contribution in [0.25, 0.3) is 43.8 Å². The fourth-order valence-electron chi connectivity index (χ4n) is 6.15. The van der Waals surface area contributed by atoms with Gasteiger partial charge in [-0.05, 0) is 68.5 Å². The molecule has 50 heavy (non-hydrogen) atoms. The maximum atomic E-state index is 6.20. The minimum atomic E-state index is 0. The number of hydrogen-bond donors (Lipinski definition) is 0. The third kappa shape index (κ3) is 11.8. The van der Waals surface area contributed by atoms with Crippen LogP contribution >= 0.6 is 23.2 Å². The van der Waals surface area contributed by atoms with Gasteiger partial charge in [0.2, 0.25) is 0 Å². The van der Waals surface area contributed by atoms with Crippen LogP contribution in [-0.2, 0) is 35.1 Å². The summed E-state index contributed by atoms with van der Waals surface area (Å²) >= 11 is 14.0. The molecule has 264 valence electrons. The Morgan fingerprint density at radius 2 is 1.08 bits per heavy atom. The van der Waals surface area contributed by atoms with E-state index in [-0.39, 0.29) is 35.6 Å². The Morgan fingerprint density at radius 1 is 0.680 bits per heavy atom. The van der Waals surface area contributed by atoms with E-state index in [4.69, 9.17) is 23.2 Å². The summed E-state index contributed by atoms with van der Waals surface area (Å²) in [4.78, 5) is 0. The van der Waals surface area contributed by atoms with Gasteiger partial charge >= 0.3 is 67.0 Å². The first-order chi connectivity index (χ1) is 22.7. The van der Waals surface area contributed by atoms with Crippen LogP contribution < -0.4 is 24.8 Å². The summed E-state index contributed by atoms with van der Waals surface area (Å²) < 4.78 is 1.75. The van der Waals surface area contributed by atoms with Crippen LogP contribution in [-0.4, -0.2) is 3.21 Å². The van der Waals surface area contributed by atoms with E-state index in [1.807, 2.05) is 36.4 Å². The first-order valence-electron chi connectivity index (χ1n) is 17.2. The second-order valence-electron chi connectivity index (χ2n) is 14.7. The van der Waals surface area contributed by atoms with Crippen molar-refractivity contribution in [3.63, 3.8) is 0 Å². The van der Waals surface area contributed by atoms with Crippen molar-refractivity contribution in [1.82, 2.24) is 0 Å². The second kappa shape index (κ2) is 19.8. The maximum Gasteiger partial charge on any atom is -0.109 e. The van der Waals surface area contributed by atoms with Crippen molar-refractivity contribution >= 4 is 48.0 Å². The molecule has 0 atom stereocenters. The predicted octanol–water partition coefficient (Wildman–Crippen LogP) is 8.57. The molecule has 0 bridgehead atoms. The smallest absolute Gasteiger partial charge is 0.109 e. The van der Waals surface area contributed by atoms with E-state index in [1.165, 1.54) is 80.6 Å². The Labute approximate surface area is 339 Å². The van der Waals surface area contributed by atoms with E-state index >= 15 is 0 Å². The third-order valence-electron chi connectivity index (χ3n) is 8.60. The first kappa shape index (κ1) is 44.3. The van der Waals surface area contributed by atoms with Crippen LogP contribution in [0.1, 0.15) is 98.6 Å². The number of rotatable bonds is 6. The molecule has 0 saturated carbocycles. The zero-order valence-electron chi connectivity index (χ0n) is 30.8. The number of halogens is 4. The molecule has 0 N–H and O–H groups in total. The standard InChI is InChI=1S/C33H31Cl2.C7H14.C5H5.2ClH.Zr/c1-32(2,3)30-18-26-22(16-28(30)20-7-11-24(34)12-8-20)15-23-17-29(21-9-13-25(35)14-10-21)31(19-27(23)26)33(4,5)6;1-3-5-7-6-4-2;1-2-4-5-3-1;;;/h7-19H,1-6H3;3-6H2,1-2H3;1-3H,4H2;2*1H;/q-1;;-1;;;+2/p-2. The van der Waals surface area contributed by atoms with Crippen molar-refractivity contribution < 1.29 is 49.0 Å². The Hall–Kier alpha value is -1.86. The summed E-state index contributed by atoms with van der Waals surface area (Å²) in [6, 6.07) is 28.3. The molecule has 5 aromatic rings. The maximum absolute atomic E-state index is 6.20. The minimum Gasteiger partial charge on any atom is -1.00 e. The number of benzene rings is 4. The minimum absolute atomic E-state index is 0. The zero-order chi connectivity index (χ0) is 35.1. The summed E-state index contributed by atoms with van der Waals surface area (Å²) in [7, 11) is 0. The number of fused-ring (bicyclic) bond motifs is 3. The van der Waals surface area contributed by atoms with Gasteiger partial charge in [0, 0.05) is 10.0 Å². The second-order valence-corrected chi connectivity index (χ2v) is 17.3. The Morgan fingerprint density at radius 3 is 1.36 bits per heavy atom. The Kier molecular flexibility index (Phi) is 17.6. The van der Waals surface area contributed by atoms with Crippen LogP contribution in [0.5, 0.6) is 0 Å². The molecule has 0 spiro atoms. The molecule has 0 unspecified atom stereocenters. The molecular weight excluding hydrogens is 774 g/mol. The van der Waals surface area contributed by atoms with Crippen LogP contribution in [0.3, 0.4) is 0 Å². The normalized spacial score (nSPS) is 12.1. The van der Waals surface area contributed by atoms with E-state index in [1.54, 1.807) is 27.4 Å². The van der Waals surface area contributed by atoms with Crippen molar-refractivity contribution in [2.75, 3.05) is 0 Å². The van der Waals surface area contributed by atoms with Crippen LogP contribution in [0.4, 0.5) is 0 Å². The molecule has 6 rings (SSSR count). The number of allylic oxidation sites excluding steroid dienone is 4. The largest absolute Gasteiger partial charge is 1.00 e. The third-order valence-corrected chi connectivity index (χ3v) is 10.3. The fraction of sp³-hybridized carbons (Fsp3) is 0.333. The van der Waals surface area contributed by atoms with Crippen molar-refractivity contribution in [2.45, 2.75) is 98.3 Å². The summed E-state index contributed by atoms with van der Waals surface area (Å²) in [5.41, 5.74) is 7.63. The average molecular weight is 824 g/mol.